The molecule has 10 atom stereocenters. The zero-order chi connectivity index (χ0) is 42.4. The zero-order valence-electron chi connectivity index (χ0n) is 33.4. The molecule has 4 aromatic rings. The maximum atomic E-state index is 13.9. The Bertz CT molecular complexity index is 2070. The molecule has 15 nitrogen and oxygen atoms in total. The molecule has 1 unspecified atom stereocenters. The molecule has 0 amide bonds. The Hall–Kier alpha value is -6.09. The Morgan fingerprint density at radius 1 is 0.550 bits per heavy atom. The second kappa shape index (κ2) is 21.3. The summed E-state index contributed by atoms with van der Waals surface area (Å²) in [5.74, 6) is -3.26. The highest BCUT2D eigenvalue weighted by atomic mass is 16.7. The third-order valence-corrected chi connectivity index (χ3v) is 10.5. The maximum absolute atomic E-state index is 13.9. The second-order valence-corrected chi connectivity index (χ2v) is 14.3. The Kier molecular flexibility index (Phi) is 15.4. The molecule has 2 aliphatic rings. The van der Waals surface area contributed by atoms with Crippen molar-refractivity contribution < 1.29 is 57.1 Å². The predicted molar refractivity (Wildman–Crippen MR) is 214 cm³/mol. The Balaban J connectivity index is 1.38. The van der Waals surface area contributed by atoms with Crippen LogP contribution in [0.15, 0.2) is 126 Å². The van der Waals surface area contributed by atoms with Crippen LogP contribution in [0.1, 0.15) is 68.6 Å². The quantitative estimate of drug-likeness (QED) is 0.0273. The van der Waals surface area contributed by atoms with E-state index in [9.17, 15) is 19.2 Å². The van der Waals surface area contributed by atoms with Gasteiger partial charge in [0, 0.05) is 17.4 Å². The topological polar surface area (TPSA) is 191 Å². The minimum Gasteiger partial charge on any atom is -0.453 e. The Labute approximate surface area is 347 Å². The van der Waals surface area contributed by atoms with Crippen molar-refractivity contribution in [3.63, 3.8) is 0 Å². The molecule has 0 spiro atoms. The van der Waals surface area contributed by atoms with Gasteiger partial charge in [0.1, 0.15) is 6.10 Å². The molecule has 60 heavy (non-hydrogen) atoms. The van der Waals surface area contributed by atoms with E-state index >= 15 is 0 Å². The van der Waals surface area contributed by atoms with Crippen LogP contribution < -0.4 is 0 Å². The molecule has 0 bridgehead atoms. The highest BCUT2D eigenvalue weighted by Crippen LogP contribution is 2.37. The van der Waals surface area contributed by atoms with Crippen LogP contribution in [0, 0.1) is 11.8 Å². The molecule has 15 heteroatoms. The van der Waals surface area contributed by atoms with Crippen LogP contribution in [0.3, 0.4) is 0 Å². The lowest BCUT2D eigenvalue weighted by Crippen LogP contribution is -2.63. The molecule has 0 radical (unpaired) electrons. The summed E-state index contributed by atoms with van der Waals surface area (Å²) < 4.78 is 49.8. The fourth-order valence-corrected chi connectivity index (χ4v) is 7.08. The SMILES string of the molecule is CC[C@H]1OC(OC[C@H]2O[C@@H](OCCN=[N+]=[N-])[C@H](OC(=O)c3ccccc3)[C@@H](OC(=O)c3ccccc3)[C@@H]2OC(=O)c2ccccc2)[C@H](OC(=O)c2ccccc2)[C@@H](C)[C@@H]1C. The summed E-state index contributed by atoms with van der Waals surface area (Å²) in [5.41, 5.74) is 9.79. The van der Waals surface area contributed by atoms with Gasteiger partial charge in [-0.2, -0.15) is 0 Å². The average Bonchev–Trinajstić information content (AvgIpc) is 3.29. The summed E-state index contributed by atoms with van der Waals surface area (Å²) in [5, 5.41) is 3.54. The number of benzene rings is 4. The first-order valence-corrected chi connectivity index (χ1v) is 19.8. The number of carbonyl (C=O) groups excluding carboxylic acids is 4. The van der Waals surface area contributed by atoms with E-state index in [1.807, 2.05) is 20.8 Å². The second-order valence-electron chi connectivity index (χ2n) is 14.3. The van der Waals surface area contributed by atoms with Gasteiger partial charge >= 0.3 is 23.9 Å². The van der Waals surface area contributed by atoms with Crippen LogP contribution in [0.25, 0.3) is 10.4 Å². The largest absolute Gasteiger partial charge is 0.453 e. The number of ether oxygens (including phenoxy) is 8. The lowest BCUT2D eigenvalue weighted by molar-refractivity contribution is -0.319. The van der Waals surface area contributed by atoms with E-state index in [4.69, 9.17) is 43.4 Å². The molecular formula is C45H47N3O12. The van der Waals surface area contributed by atoms with Crippen LogP contribution in [0.2, 0.25) is 0 Å². The number of nitrogens with zero attached hydrogens (tertiary/aromatic N) is 3. The smallest absolute Gasteiger partial charge is 0.338 e. The molecule has 0 aliphatic carbocycles. The molecule has 2 aliphatic heterocycles. The lowest BCUT2D eigenvalue weighted by atomic mass is 9.82. The van der Waals surface area contributed by atoms with Crippen molar-refractivity contribution in [2.75, 3.05) is 19.8 Å². The summed E-state index contributed by atoms with van der Waals surface area (Å²) >= 11 is 0. The first-order valence-electron chi connectivity index (χ1n) is 19.8. The molecule has 314 valence electrons. The number of hydrogen-bond donors (Lipinski definition) is 0. The van der Waals surface area contributed by atoms with E-state index in [1.54, 1.807) is 97.1 Å². The minimum absolute atomic E-state index is 0.0235. The van der Waals surface area contributed by atoms with Gasteiger partial charge in [0.05, 0.1) is 41.6 Å². The van der Waals surface area contributed by atoms with Crippen molar-refractivity contribution >= 4 is 23.9 Å². The molecule has 0 N–H and O–H groups in total. The molecule has 4 aromatic carbocycles. The Morgan fingerprint density at radius 3 is 1.40 bits per heavy atom. The molecule has 0 aromatic heterocycles. The van der Waals surface area contributed by atoms with Gasteiger partial charge in [-0.05, 0) is 66.4 Å². The van der Waals surface area contributed by atoms with Crippen LogP contribution in [0.4, 0.5) is 0 Å². The van der Waals surface area contributed by atoms with Gasteiger partial charge in [0.15, 0.2) is 37.0 Å². The number of azide groups is 1. The summed E-state index contributed by atoms with van der Waals surface area (Å²) in [4.78, 5) is 57.7. The van der Waals surface area contributed by atoms with E-state index in [1.165, 1.54) is 24.3 Å². The van der Waals surface area contributed by atoms with Crippen LogP contribution in [0.5, 0.6) is 0 Å². The van der Waals surface area contributed by atoms with E-state index in [2.05, 4.69) is 10.0 Å². The van der Waals surface area contributed by atoms with Gasteiger partial charge in [-0.3, -0.25) is 0 Å². The first-order chi connectivity index (χ1) is 29.2. The van der Waals surface area contributed by atoms with Gasteiger partial charge in [0.25, 0.3) is 0 Å². The van der Waals surface area contributed by atoms with Crippen molar-refractivity contribution in [3.8, 4) is 0 Å². The lowest BCUT2D eigenvalue weighted by Gasteiger charge is -2.46. The Morgan fingerprint density at radius 2 is 0.950 bits per heavy atom. The van der Waals surface area contributed by atoms with E-state index in [0.717, 1.165) is 0 Å². The third-order valence-electron chi connectivity index (χ3n) is 10.5. The summed E-state index contributed by atoms with van der Waals surface area (Å²) in [6.45, 7) is 5.23. The molecule has 2 heterocycles. The molecule has 0 saturated carbocycles. The van der Waals surface area contributed by atoms with Gasteiger partial charge in [0.2, 0.25) is 0 Å². The van der Waals surface area contributed by atoms with Crippen molar-refractivity contribution in [2.24, 2.45) is 17.0 Å². The highest BCUT2D eigenvalue weighted by Gasteiger charge is 2.54. The molecule has 2 saturated heterocycles. The average molecular weight is 822 g/mol. The fraction of sp³-hybridized carbons (Fsp3) is 0.378. The van der Waals surface area contributed by atoms with Crippen molar-refractivity contribution in [3.05, 3.63) is 154 Å². The normalized spacial score (nSPS) is 26.1. The fourth-order valence-electron chi connectivity index (χ4n) is 7.08. The standard InChI is InChI=1S/C45H47N3O12/c1-4-34-28(2)29(3)36(57-40(49)30-17-9-5-10-18-30)44(55-34)54-27-35-37(58-41(50)31-19-11-6-12-20-31)38(59-42(51)32-21-13-7-14-22-32)39(45(56-35)53-26-25-47-48-46)60-43(52)33-23-15-8-16-24-33/h5-24,28-29,34-39,44-45H,4,25-27H2,1-3H3/t28-,29-,34+,35+,36+,37+,38-,39+,44?,45+/m0/s1. The predicted octanol–water partition coefficient (Wildman–Crippen LogP) is 7.36. The summed E-state index contributed by atoms with van der Waals surface area (Å²) in [6, 6.07) is 32.9. The number of hydrogen-bond acceptors (Lipinski definition) is 13. The van der Waals surface area contributed by atoms with Crippen LogP contribution in [-0.4, -0.2) is 92.8 Å². The molecule has 6 rings (SSSR count). The molecular weight excluding hydrogens is 775 g/mol. The zero-order valence-corrected chi connectivity index (χ0v) is 33.4. The van der Waals surface area contributed by atoms with E-state index in [0.29, 0.717) is 12.0 Å². The summed E-state index contributed by atoms with van der Waals surface area (Å²) in [6.07, 6.45) is -9.01. The van der Waals surface area contributed by atoms with Crippen LogP contribution >= 0.6 is 0 Å². The minimum atomic E-state index is -1.56. The van der Waals surface area contributed by atoms with Crippen molar-refractivity contribution in [1.29, 1.82) is 0 Å². The number of rotatable bonds is 16. The number of esters is 4. The van der Waals surface area contributed by atoms with Gasteiger partial charge in [-0.15, -0.1) is 0 Å². The van der Waals surface area contributed by atoms with Crippen LogP contribution in [-0.2, 0) is 37.9 Å². The van der Waals surface area contributed by atoms with Crippen molar-refractivity contribution in [2.45, 2.75) is 76.4 Å². The highest BCUT2D eigenvalue weighted by molar-refractivity contribution is 5.91. The van der Waals surface area contributed by atoms with Gasteiger partial charge < -0.3 is 37.9 Å². The molecule has 2 fully saturated rings. The first kappa shape index (κ1) is 43.5. The monoisotopic (exact) mass is 821 g/mol. The summed E-state index contributed by atoms with van der Waals surface area (Å²) in [7, 11) is 0. The third kappa shape index (κ3) is 10.9. The van der Waals surface area contributed by atoms with E-state index in [-0.39, 0.29) is 54.4 Å². The van der Waals surface area contributed by atoms with Gasteiger partial charge in [-0.1, -0.05) is 98.7 Å². The number of carbonyl (C=O) groups is 4. The van der Waals surface area contributed by atoms with Crippen molar-refractivity contribution in [1.82, 2.24) is 0 Å². The maximum Gasteiger partial charge on any atom is 0.338 e. The van der Waals surface area contributed by atoms with Gasteiger partial charge in [-0.25, -0.2) is 19.2 Å². The van der Waals surface area contributed by atoms with E-state index < -0.39 is 67.0 Å².